The van der Waals surface area contributed by atoms with Gasteiger partial charge in [0.25, 0.3) is 5.56 Å². The van der Waals surface area contributed by atoms with E-state index in [1.807, 2.05) is 37.3 Å². The Kier molecular flexibility index (Phi) is 3.40. The molecule has 0 atom stereocenters. The molecule has 0 fully saturated rings. The molecule has 0 unspecified atom stereocenters. The fourth-order valence-corrected chi connectivity index (χ4v) is 3.12. The zero-order chi connectivity index (χ0) is 14.1. The summed E-state index contributed by atoms with van der Waals surface area (Å²) in [6, 6.07) is 9.73. The van der Waals surface area contributed by atoms with E-state index in [4.69, 9.17) is 0 Å². The molecule has 0 spiro atoms. The first-order chi connectivity index (χ1) is 9.72. The van der Waals surface area contributed by atoms with E-state index in [-0.39, 0.29) is 5.56 Å². The zero-order valence-electron chi connectivity index (χ0n) is 11.0. The predicted octanol–water partition coefficient (Wildman–Crippen LogP) is 3.92. The molecule has 0 aliphatic heterocycles. The molecule has 2 heterocycles. The van der Waals surface area contributed by atoms with E-state index in [0.29, 0.717) is 5.39 Å². The van der Waals surface area contributed by atoms with Crippen LogP contribution in [0, 0.1) is 0 Å². The third-order valence-corrected chi connectivity index (χ3v) is 4.31. The molecule has 0 saturated heterocycles. The summed E-state index contributed by atoms with van der Waals surface area (Å²) in [4.78, 5) is 19.4. The third kappa shape index (κ3) is 2.06. The van der Waals surface area contributed by atoms with Gasteiger partial charge in [-0.3, -0.25) is 9.78 Å². The van der Waals surface area contributed by atoms with Gasteiger partial charge in [-0.1, -0.05) is 25.1 Å². The van der Waals surface area contributed by atoms with E-state index in [2.05, 4.69) is 25.9 Å². The number of aromatic amines is 1. The highest BCUT2D eigenvalue weighted by atomic mass is 79.9. The molecule has 3 nitrogen and oxygen atoms in total. The van der Waals surface area contributed by atoms with Crippen molar-refractivity contribution < 1.29 is 0 Å². The van der Waals surface area contributed by atoms with E-state index in [1.165, 1.54) is 0 Å². The van der Waals surface area contributed by atoms with Crippen molar-refractivity contribution in [2.24, 2.45) is 0 Å². The molecule has 0 aliphatic carbocycles. The lowest BCUT2D eigenvalue weighted by atomic mass is 10.00. The van der Waals surface area contributed by atoms with Crippen LogP contribution in [0.1, 0.15) is 12.6 Å². The summed E-state index contributed by atoms with van der Waals surface area (Å²) in [6.07, 6.45) is 4.25. The molecule has 4 heteroatoms. The number of benzene rings is 1. The SMILES string of the molecule is CCc1[nH]c(=O)c2c(-c3ccncc3)cccc2c1Br. The molecule has 3 rings (SSSR count). The normalized spacial score (nSPS) is 10.9. The minimum atomic E-state index is -0.0486. The van der Waals surface area contributed by atoms with Gasteiger partial charge in [0, 0.05) is 27.9 Å². The van der Waals surface area contributed by atoms with Crippen LogP contribution >= 0.6 is 15.9 Å². The molecule has 3 aromatic rings. The molecule has 0 bridgehead atoms. The van der Waals surface area contributed by atoms with Crippen LogP contribution < -0.4 is 5.56 Å². The van der Waals surface area contributed by atoms with Gasteiger partial charge in [-0.25, -0.2) is 0 Å². The quantitative estimate of drug-likeness (QED) is 0.775. The summed E-state index contributed by atoms with van der Waals surface area (Å²) in [5.41, 5.74) is 2.79. The lowest BCUT2D eigenvalue weighted by molar-refractivity contribution is 1.01. The number of aromatic nitrogens is 2. The highest BCUT2D eigenvalue weighted by Crippen LogP contribution is 2.31. The Labute approximate surface area is 124 Å². The predicted molar refractivity (Wildman–Crippen MR) is 84.9 cm³/mol. The standard InChI is InChI=1S/C16H13BrN2O/c1-2-13-15(17)12-5-3-4-11(14(12)16(20)19-13)10-6-8-18-9-7-10/h3-9H,2H2,1H3,(H,19,20). The number of fused-ring (bicyclic) bond motifs is 1. The summed E-state index contributed by atoms with van der Waals surface area (Å²) in [6.45, 7) is 2.02. The maximum Gasteiger partial charge on any atom is 0.256 e. The number of halogens is 1. The van der Waals surface area contributed by atoms with Gasteiger partial charge in [0.15, 0.2) is 0 Å². The molecule has 0 radical (unpaired) electrons. The Bertz CT molecular complexity index is 825. The first-order valence-electron chi connectivity index (χ1n) is 6.46. The number of pyridine rings is 2. The van der Waals surface area contributed by atoms with Crippen molar-refractivity contribution in [1.29, 1.82) is 0 Å². The van der Waals surface area contributed by atoms with Gasteiger partial charge in [0.2, 0.25) is 0 Å². The molecule has 0 saturated carbocycles. The Morgan fingerprint density at radius 1 is 1.20 bits per heavy atom. The molecule has 1 aromatic carbocycles. The second-order valence-electron chi connectivity index (χ2n) is 4.56. The molecule has 100 valence electrons. The van der Waals surface area contributed by atoms with Crippen LogP contribution in [0.3, 0.4) is 0 Å². The highest BCUT2D eigenvalue weighted by molar-refractivity contribution is 9.10. The largest absolute Gasteiger partial charge is 0.325 e. The van der Waals surface area contributed by atoms with Crippen molar-refractivity contribution in [1.82, 2.24) is 9.97 Å². The van der Waals surface area contributed by atoms with Crippen molar-refractivity contribution in [3.05, 3.63) is 63.2 Å². The molecular formula is C16H13BrN2O. The first kappa shape index (κ1) is 13.1. The second-order valence-corrected chi connectivity index (χ2v) is 5.36. The summed E-state index contributed by atoms with van der Waals surface area (Å²) < 4.78 is 0.963. The zero-order valence-corrected chi connectivity index (χ0v) is 12.6. The van der Waals surface area contributed by atoms with Gasteiger partial charge >= 0.3 is 0 Å². The van der Waals surface area contributed by atoms with E-state index in [1.54, 1.807) is 12.4 Å². The van der Waals surface area contributed by atoms with Crippen LogP contribution in [-0.4, -0.2) is 9.97 Å². The molecular weight excluding hydrogens is 316 g/mol. The van der Waals surface area contributed by atoms with Crippen LogP contribution in [0.2, 0.25) is 0 Å². The van der Waals surface area contributed by atoms with Crippen LogP contribution in [0.25, 0.3) is 21.9 Å². The fraction of sp³-hybridized carbons (Fsp3) is 0.125. The van der Waals surface area contributed by atoms with Crippen molar-refractivity contribution >= 4 is 26.7 Å². The monoisotopic (exact) mass is 328 g/mol. The topological polar surface area (TPSA) is 45.8 Å². The average molecular weight is 329 g/mol. The number of nitrogens with zero attached hydrogens (tertiary/aromatic N) is 1. The average Bonchev–Trinajstić information content (AvgIpc) is 2.51. The molecule has 1 N–H and O–H groups in total. The third-order valence-electron chi connectivity index (χ3n) is 3.40. The second kappa shape index (κ2) is 5.21. The Balaban J connectivity index is 2.42. The smallest absolute Gasteiger partial charge is 0.256 e. The number of aryl methyl sites for hydroxylation is 1. The number of rotatable bonds is 2. The number of hydrogen-bond acceptors (Lipinski definition) is 2. The van der Waals surface area contributed by atoms with Crippen molar-refractivity contribution in [3.8, 4) is 11.1 Å². The van der Waals surface area contributed by atoms with Gasteiger partial charge in [-0.15, -0.1) is 0 Å². The number of H-pyrrole nitrogens is 1. The van der Waals surface area contributed by atoms with Gasteiger partial charge in [-0.05, 0) is 45.6 Å². The summed E-state index contributed by atoms with van der Waals surface area (Å²) in [5, 5.41) is 1.66. The molecule has 0 aliphatic rings. The highest BCUT2D eigenvalue weighted by Gasteiger charge is 2.12. The lowest BCUT2D eigenvalue weighted by Crippen LogP contribution is -2.11. The lowest BCUT2D eigenvalue weighted by Gasteiger charge is -2.10. The van der Waals surface area contributed by atoms with Gasteiger partial charge in [-0.2, -0.15) is 0 Å². The van der Waals surface area contributed by atoms with E-state index >= 15 is 0 Å². The summed E-state index contributed by atoms with van der Waals surface area (Å²) >= 11 is 3.60. The summed E-state index contributed by atoms with van der Waals surface area (Å²) in [5.74, 6) is 0. The Morgan fingerprint density at radius 2 is 1.95 bits per heavy atom. The van der Waals surface area contributed by atoms with Crippen LogP contribution in [0.4, 0.5) is 0 Å². The van der Waals surface area contributed by atoms with Crippen LogP contribution in [-0.2, 0) is 6.42 Å². The van der Waals surface area contributed by atoms with E-state index in [0.717, 1.165) is 33.1 Å². The molecule has 0 amide bonds. The van der Waals surface area contributed by atoms with Crippen molar-refractivity contribution in [2.75, 3.05) is 0 Å². The van der Waals surface area contributed by atoms with E-state index in [9.17, 15) is 4.79 Å². The number of hydrogen-bond donors (Lipinski definition) is 1. The van der Waals surface area contributed by atoms with Crippen molar-refractivity contribution in [2.45, 2.75) is 13.3 Å². The minimum Gasteiger partial charge on any atom is -0.325 e. The Morgan fingerprint density at radius 3 is 2.65 bits per heavy atom. The fourth-order valence-electron chi connectivity index (χ4n) is 2.41. The van der Waals surface area contributed by atoms with Crippen LogP contribution in [0.15, 0.2) is 52.0 Å². The molecule has 20 heavy (non-hydrogen) atoms. The van der Waals surface area contributed by atoms with E-state index < -0.39 is 0 Å². The van der Waals surface area contributed by atoms with Crippen molar-refractivity contribution in [3.63, 3.8) is 0 Å². The molecule has 2 aromatic heterocycles. The van der Waals surface area contributed by atoms with Gasteiger partial charge in [0.1, 0.15) is 0 Å². The Hall–Kier alpha value is -1.94. The maximum atomic E-state index is 12.4. The number of nitrogens with one attached hydrogen (secondary N) is 1. The van der Waals surface area contributed by atoms with Gasteiger partial charge < -0.3 is 4.98 Å². The first-order valence-corrected chi connectivity index (χ1v) is 7.25. The maximum absolute atomic E-state index is 12.4. The van der Waals surface area contributed by atoms with Crippen LogP contribution in [0.5, 0.6) is 0 Å². The van der Waals surface area contributed by atoms with Gasteiger partial charge in [0.05, 0.1) is 5.39 Å². The minimum absolute atomic E-state index is 0.0486. The summed E-state index contributed by atoms with van der Waals surface area (Å²) in [7, 11) is 0.